The van der Waals surface area contributed by atoms with Crippen molar-refractivity contribution in [2.24, 2.45) is 5.92 Å². The number of nitrogens with zero attached hydrogens (tertiary/aromatic N) is 4. The highest BCUT2D eigenvalue weighted by Gasteiger charge is 2.25. The molecule has 1 unspecified atom stereocenters. The van der Waals surface area contributed by atoms with Crippen molar-refractivity contribution in [3.63, 3.8) is 0 Å². The fourth-order valence-electron chi connectivity index (χ4n) is 3.50. The van der Waals surface area contributed by atoms with Crippen molar-refractivity contribution in [2.75, 3.05) is 6.54 Å². The van der Waals surface area contributed by atoms with Crippen molar-refractivity contribution in [1.29, 1.82) is 0 Å². The quantitative estimate of drug-likeness (QED) is 0.440. The molecule has 0 saturated carbocycles. The van der Waals surface area contributed by atoms with Crippen LogP contribution in [0.3, 0.4) is 0 Å². The van der Waals surface area contributed by atoms with Crippen LogP contribution in [0, 0.1) is 5.92 Å². The molecule has 0 fully saturated rings. The minimum absolute atomic E-state index is 0.295. The first-order valence-electron chi connectivity index (χ1n) is 11.6. The second-order valence-electron chi connectivity index (χ2n) is 8.37. The molecule has 0 spiro atoms. The number of aryl methyl sites for hydroxylation is 2. The molecule has 3 aromatic rings. The summed E-state index contributed by atoms with van der Waals surface area (Å²) in [7, 11) is 0. The first-order chi connectivity index (χ1) is 16.3. The molecule has 2 heterocycles. The van der Waals surface area contributed by atoms with Crippen LogP contribution in [-0.4, -0.2) is 43.5 Å². The van der Waals surface area contributed by atoms with E-state index in [0.29, 0.717) is 23.4 Å². The Bertz CT molecular complexity index is 1110. The van der Waals surface area contributed by atoms with E-state index < -0.39 is 11.3 Å². The maximum Gasteiger partial charge on any atom is 0.321 e. The van der Waals surface area contributed by atoms with Crippen LogP contribution in [0.2, 0.25) is 0 Å². The third kappa shape index (κ3) is 6.02. The fraction of sp³-hybridized carbons (Fsp3) is 0.400. The van der Waals surface area contributed by atoms with Crippen LogP contribution in [0.25, 0.3) is 17.1 Å². The summed E-state index contributed by atoms with van der Waals surface area (Å²) in [4.78, 5) is 29.0. The van der Waals surface area contributed by atoms with Gasteiger partial charge >= 0.3 is 6.03 Å². The average Bonchev–Trinajstić information content (AvgIpc) is 3.25. The van der Waals surface area contributed by atoms with Gasteiger partial charge in [-0.3, -0.25) is 19.7 Å². The lowest BCUT2D eigenvalue weighted by Crippen LogP contribution is -2.43. The highest BCUT2D eigenvalue weighted by atomic mass is 32.2. The molecule has 9 heteroatoms. The summed E-state index contributed by atoms with van der Waals surface area (Å²) in [6, 6.07) is 9.58. The van der Waals surface area contributed by atoms with Gasteiger partial charge in [0.15, 0.2) is 11.0 Å². The van der Waals surface area contributed by atoms with E-state index in [2.05, 4.69) is 57.9 Å². The number of hydrogen-bond donors (Lipinski definition) is 2. The molecule has 0 aliphatic carbocycles. The monoisotopic (exact) mass is 480 g/mol. The smallest absolute Gasteiger partial charge is 0.321 e. The van der Waals surface area contributed by atoms with Gasteiger partial charge in [-0.1, -0.05) is 57.7 Å². The van der Waals surface area contributed by atoms with Crippen LogP contribution in [0.15, 0.2) is 47.9 Å². The lowest BCUT2D eigenvalue weighted by Gasteiger charge is -2.19. The minimum Gasteiger partial charge on any atom is -0.338 e. The van der Waals surface area contributed by atoms with Gasteiger partial charge < -0.3 is 5.32 Å². The van der Waals surface area contributed by atoms with Crippen molar-refractivity contribution >= 4 is 23.7 Å². The summed E-state index contributed by atoms with van der Waals surface area (Å²) >= 11 is 1.27. The van der Waals surface area contributed by atoms with Crippen molar-refractivity contribution in [3.8, 4) is 17.1 Å². The number of thioether (sulfide) groups is 1. The zero-order valence-corrected chi connectivity index (χ0v) is 21.1. The van der Waals surface area contributed by atoms with Crippen LogP contribution in [0.4, 0.5) is 4.79 Å². The number of para-hydroxylation sites is 1. The van der Waals surface area contributed by atoms with Crippen LogP contribution in [0.5, 0.6) is 0 Å². The minimum atomic E-state index is -0.562. The number of aromatic nitrogens is 4. The van der Waals surface area contributed by atoms with E-state index in [0.717, 1.165) is 35.2 Å². The van der Waals surface area contributed by atoms with Crippen LogP contribution < -0.4 is 10.6 Å². The molecule has 0 aliphatic heterocycles. The Balaban J connectivity index is 1.98. The van der Waals surface area contributed by atoms with Gasteiger partial charge in [-0.05, 0) is 48.9 Å². The number of rotatable bonds is 9. The fourth-order valence-corrected chi connectivity index (χ4v) is 4.35. The summed E-state index contributed by atoms with van der Waals surface area (Å²) in [5, 5.41) is 14.1. The standard InChI is InChI=1S/C25H32N6O2S/c1-6-18-10-8-11-19(7-2)21(18)31-22(20-12-9-13-26-15-20)29-30-25(31)34-17(5)23(32)28-24(33)27-14-16(3)4/h8-13,15-17H,6-7,14H2,1-5H3,(H2,27,28,32,33). The van der Waals surface area contributed by atoms with E-state index in [1.54, 1.807) is 19.3 Å². The number of pyridine rings is 1. The normalized spacial score (nSPS) is 11.9. The maximum atomic E-state index is 12.7. The van der Waals surface area contributed by atoms with E-state index in [4.69, 9.17) is 0 Å². The lowest BCUT2D eigenvalue weighted by molar-refractivity contribution is -0.119. The Kier molecular flexibility index (Phi) is 8.81. The first-order valence-corrected chi connectivity index (χ1v) is 12.5. The SMILES string of the molecule is CCc1cccc(CC)c1-n1c(SC(C)C(=O)NC(=O)NCC(C)C)nnc1-c1cccnc1. The summed E-state index contributed by atoms with van der Waals surface area (Å²) in [5.41, 5.74) is 4.19. The van der Waals surface area contributed by atoms with E-state index in [1.165, 1.54) is 11.8 Å². The molecule has 8 nitrogen and oxygen atoms in total. The number of amides is 3. The van der Waals surface area contributed by atoms with Gasteiger partial charge in [-0.2, -0.15) is 0 Å². The second kappa shape index (κ2) is 11.8. The molecule has 0 bridgehead atoms. The van der Waals surface area contributed by atoms with E-state index in [1.807, 2.05) is 30.5 Å². The van der Waals surface area contributed by atoms with Crippen LogP contribution in [-0.2, 0) is 17.6 Å². The number of nitrogens with one attached hydrogen (secondary N) is 2. The molecule has 2 N–H and O–H groups in total. The topological polar surface area (TPSA) is 102 Å². The molecule has 3 rings (SSSR count). The van der Waals surface area contributed by atoms with Gasteiger partial charge in [0, 0.05) is 24.5 Å². The Hall–Kier alpha value is -3.20. The average molecular weight is 481 g/mol. The molecule has 1 atom stereocenters. The molecular weight excluding hydrogens is 448 g/mol. The predicted octanol–water partition coefficient (Wildman–Crippen LogP) is 4.42. The summed E-state index contributed by atoms with van der Waals surface area (Å²) in [6.07, 6.45) is 5.15. The van der Waals surface area contributed by atoms with Gasteiger partial charge in [0.2, 0.25) is 5.91 Å². The highest BCUT2D eigenvalue weighted by molar-refractivity contribution is 8.00. The Morgan fingerprint density at radius 3 is 2.32 bits per heavy atom. The molecule has 1 aromatic carbocycles. The molecular formula is C25H32N6O2S. The third-order valence-electron chi connectivity index (χ3n) is 5.30. The van der Waals surface area contributed by atoms with E-state index in [9.17, 15) is 9.59 Å². The summed E-state index contributed by atoms with van der Waals surface area (Å²) in [5.74, 6) is 0.570. The number of benzene rings is 1. The molecule has 34 heavy (non-hydrogen) atoms. The molecule has 2 aromatic heterocycles. The Morgan fingerprint density at radius 2 is 1.74 bits per heavy atom. The number of imide groups is 1. The Labute approximate surface area is 205 Å². The van der Waals surface area contributed by atoms with Crippen molar-refractivity contribution < 1.29 is 9.59 Å². The predicted molar refractivity (Wildman–Crippen MR) is 135 cm³/mol. The van der Waals surface area contributed by atoms with Crippen molar-refractivity contribution in [3.05, 3.63) is 53.9 Å². The summed E-state index contributed by atoms with van der Waals surface area (Å²) in [6.45, 7) is 10.5. The highest BCUT2D eigenvalue weighted by Crippen LogP contribution is 2.33. The zero-order valence-electron chi connectivity index (χ0n) is 20.3. The summed E-state index contributed by atoms with van der Waals surface area (Å²) < 4.78 is 2.02. The molecule has 0 aliphatic rings. The lowest BCUT2D eigenvalue weighted by atomic mass is 10.0. The number of urea groups is 1. The van der Waals surface area contributed by atoms with Crippen molar-refractivity contribution in [2.45, 2.75) is 57.9 Å². The van der Waals surface area contributed by atoms with Gasteiger partial charge in [-0.15, -0.1) is 10.2 Å². The first kappa shape index (κ1) is 25.4. The van der Waals surface area contributed by atoms with Gasteiger partial charge in [0.05, 0.1) is 10.9 Å². The Morgan fingerprint density at radius 1 is 1.03 bits per heavy atom. The van der Waals surface area contributed by atoms with Crippen LogP contribution in [0.1, 0.15) is 45.7 Å². The molecule has 0 saturated heterocycles. The number of carbonyl (C=O) groups is 2. The molecule has 3 amide bonds. The van der Waals surface area contributed by atoms with Gasteiger partial charge in [-0.25, -0.2) is 4.79 Å². The second-order valence-corrected chi connectivity index (χ2v) is 9.68. The molecule has 180 valence electrons. The van der Waals surface area contributed by atoms with Gasteiger partial charge in [0.25, 0.3) is 0 Å². The van der Waals surface area contributed by atoms with Crippen molar-refractivity contribution in [1.82, 2.24) is 30.4 Å². The van der Waals surface area contributed by atoms with Gasteiger partial charge in [0.1, 0.15) is 0 Å². The molecule has 0 radical (unpaired) electrons. The van der Waals surface area contributed by atoms with E-state index in [-0.39, 0.29) is 5.91 Å². The number of carbonyl (C=O) groups excluding carboxylic acids is 2. The zero-order chi connectivity index (χ0) is 24.7. The number of hydrogen-bond acceptors (Lipinski definition) is 6. The largest absolute Gasteiger partial charge is 0.338 e. The van der Waals surface area contributed by atoms with Crippen LogP contribution >= 0.6 is 11.8 Å². The van der Waals surface area contributed by atoms with E-state index >= 15 is 0 Å². The maximum absolute atomic E-state index is 12.7. The third-order valence-corrected chi connectivity index (χ3v) is 6.34.